The Morgan fingerprint density at radius 1 is 1.05 bits per heavy atom. The Kier molecular flexibility index (Phi) is 7.06. The minimum atomic E-state index is -1.30. The van der Waals surface area contributed by atoms with Crippen LogP contribution in [0.25, 0.3) is 11.0 Å². The molecule has 4 aromatic rings. The molecule has 1 atom stereocenters. The fourth-order valence-corrected chi connectivity index (χ4v) is 4.97. The smallest absolute Gasteiger partial charge is 0.255 e. The summed E-state index contributed by atoms with van der Waals surface area (Å²) in [5.74, 6) is 0.944. The summed E-state index contributed by atoms with van der Waals surface area (Å²) in [6, 6.07) is 12.4. The van der Waals surface area contributed by atoms with Gasteiger partial charge in [0.25, 0.3) is 5.91 Å². The molecule has 0 radical (unpaired) electrons. The number of anilines is 4. The van der Waals surface area contributed by atoms with Crippen molar-refractivity contribution in [1.29, 1.82) is 0 Å². The average Bonchev–Trinajstić information content (AvgIpc) is 3.44. The predicted octanol–water partition coefficient (Wildman–Crippen LogP) is 3.91. The highest BCUT2D eigenvalue weighted by Gasteiger charge is 2.18. The molecule has 11 heteroatoms. The molecule has 1 saturated heterocycles. The summed E-state index contributed by atoms with van der Waals surface area (Å²) >= 11 is 0. The molecule has 1 amide bonds. The highest BCUT2D eigenvalue weighted by atomic mass is 32.2. The second kappa shape index (κ2) is 10.6. The van der Waals surface area contributed by atoms with Gasteiger partial charge in [-0.1, -0.05) is 12.1 Å². The molecule has 1 fully saturated rings. The molecule has 1 aliphatic heterocycles. The van der Waals surface area contributed by atoms with Gasteiger partial charge in [-0.25, -0.2) is 28.5 Å². The molecule has 37 heavy (non-hydrogen) atoms. The number of rotatable bonds is 7. The van der Waals surface area contributed by atoms with Crippen LogP contribution in [0.4, 0.5) is 23.1 Å². The molecule has 0 bridgehead atoms. The van der Waals surface area contributed by atoms with Crippen molar-refractivity contribution in [1.82, 2.24) is 24.2 Å². The van der Waals surface area contributed by atoms with Gasteiger partial charge in [-0.05, 0) is 69.8 Å². The van der Waals surface area contributed by atoms with Gasteiger partial charge in [0.05, 0.1) is 11.1 Å². The van der Waals surface area contributed by atoms with Crippen LogP contribution in [0.2, 0.25) is 0 Å². The number of carbonyl (C=O) groups is 1. The van der Waals surface area contributed by atoms with E-state index < -0.39 is 11.0 Å². The molecule has 0 aliphatic carbocycles. The van der Waals surface area contributed by atoms with Gasteiger partial charge >= 0.3 is 0 Å². The van der Waals surface area contributed by atoms with Crippen molar-refractivity contribution >= 4 is 51.1 Å². The average molecular weight is 517 g/mol. The minimum Gasteiger partial charge on any atom is -0.341 e. The number of aryl methyl sites for hydroxylation is 1. The topological polar surface area (TPSA) is 116 Å². The Balaban J connectivity index is 1.40. The van der Waals surface area contributed by atoms with E-state index in [4.69, 9.17) is 4.98 Å². The van der Waals surface area contributed by atoms with Crippen LogP contribution in [0.5, 0.6) is 0 Å². The van der Waals surface area contributed by atoms with E-state index in [0.717, 1.165) is 37.2 Å². The van der Waals surface area contributed by atoms with Gasteiger partial charge in [0.15, 0.2) is 5.82 Å². The lowest BCUT2D eigenvalue weighted by molar-refractivity contribution is 0.102. The minimum absolute atomic E-state index is 0.276. The molecule has 2 N–H and O–H groups in total. The fourth-order valence-electron chi connectivity index (χ4n) is 4.13. The summed E-state index contributed by atoms with van der Waals surface area (Å²) in [6.07, 6.45) is 5.45. The van der Waals surface area contributed by atoms with Crippen LogP contribution >= 0.6 is 0 Å². The molecule has 5 rings (SSSR count). The van der Waals surface area contributed by atoms with Crippen molar-refractivity contribution < 1.29 is 9.00 Å². The molecule has 0 spiro atoms. The van der Waals surface area contributed by atoms with Crippen LogP contribution in [-0.2, 0) is 11.0 Å². The molecule has 2 aromatic heterocycles. The molecule has 1 aliphatic rings. The van der Waals surface area contributed by atoms with Gasteiger partial charge in [-0.2, -0.15) is 0 Å². The first kappa shape index (κ1) is 24.7. The maximum Gasteiger partial charge on any atom is 0.255 e. The van der Waals surface area contributed by atoms with Crippen molar-refractivity contribution in [2.24, 2.45) is 0 Å². The second-order valence-electron chi connectivity index (χ2n) is 9.02. The number of fused-ring (bicyclic) bond motifs is 1. The number of nitrogens with zero attached hydrogens (tertiary/aromatic N) is 6. The lowest BCUT2D eigenvalue weighted by atomic mass is 10.1. The van der Waals surface area contributed by atoms with E-state index in [2.05, 4.69) is 30.5 Å². The van der Waals surface area contributed by atoms with E-state index >= 15 is 0 Å². The SMILES string of the molecule is Cc1ccc(C(=O)Nc2cccc(S(=O)N(C)C)c2)cc1Nc1ncnc2cnc(N3CCCC3)nc12. The fraction of sp³-hybridized carbons (Fsp3) is 0.269. The van der Waals surface area contributed by atoms with E-state index in [1.165, 1.54) is 6.33 Å². The van der Waals surface area contributed by atoms with E-state index in [1.54, 1.807) is 61.0 Å². The Bertz CT molecular complexity index is 1490. The number of carbonyl (C=O) groups excluding carboxylic acids is 1. The quantitative estimate of drug-likeness (QED) is 0.380. The van der Waals surface area contributed by atoms with Crippen LogP contribution in [0.15, 0.2) is 59.9 Å². The van der Waals surface area contributed by atoms with Crippen molar-refractivity contribution in [3.8, 4) is 0 Å². The summed E-state index contributed by atoms with van der Waals surface area (Å²) in [6.45, 7) is 3.83. The number of hydrogen-bond donors (Lipinski definition) is 2. The number of hydrogen-bond acceptors (Lipinski definition) is 8. The molecule has 190 valence electrons. The van der Waals surface area contributed by atoms with Crippen LogP contribution in [0, 0.1) is 6.92 Å². The third kappa shape index (κ3) is 5.42. The summed E-state index contributed by atoms with van der Waals surface area (Å²) < 4.78 is 14.0. The normalized spacial score (nSPS) is 14.2. The Morgan fingerprint density at radius 3 is 2.65 bits per heavy atom. The summed E-state index contributed by atoms with van der Waals surface area (Å²) in [5, 5.41) is 6.24. The predicted molar refractivity (Wildman–Crippen MR) is 146 cm³/mol. The molecule has 1 unspecified atom stereocenters. The third-order valence-electron chi connectivity index (χ3n) is 6.13. The second-order valence-corrected chi connectivity index (χ2v) is 10.7. The highest BCUT2D eigenvalue weighted by molar-refractivity contribution is 7.82. The van der Waals surface area contributed by atoms with E-state index in [1.807, 2.05) is 13.0 Å². The summed E-state index contributed by atoms with van der Waals surface area (Å²) in [4.78, 5) is 33.8. The zero-order valence-corrected chi connectivity index (χ0v) is 21.7. The molecule has 10 nitrogen and oxygen atoms in total. The van der Waals surface area contributed by atoms with Crippen LogP contribution in [0.3, 0.4) is 0 Å². The zero-order chi connectivity index (χ0) is 25.9. The monoisotopic (exact) mass is 516 g/mol. The third-order valence-corrected chi connectivity index (χ3v) is 7.45. The Morgan fingerprint density at radius 2 is 1.86 bits per heavy atom. The maximum atomic E-state index is 13.1. The number of amides is 1. The first-order valence-electron chi connectivity index (χ1n) is 12.0. The van der Waals surface area contributed by atoms with Gasteiger partial charge in [-0.3, -0.25) is 4.79 Å². The van der Waals surface area contributed by atoms with Gasteiger partial charge in [0, 0.05) is 30.0 Å². The lowest BCUT2D eigenvalue weighted by Crippen LogP contribution is -2.20. The lowest BCUT2D eigenvalue weighted by Gasteiger charge is -2.16. The first-order chi connectivity index (χ1) is 17.9. The van der Waals surface area contributed by atoms with Crippen molar-refractivity contribution in [3.05, 3.63) is 66.1 Å². The Hall–Kier alpha value is -3.96. The van der Waals surface area contributed by atoms with Gasteiger partial charge in [0.2, 0.25) is 5.95 Å². The molecular formula is C26H28N8O2S. The summed E-state index contributed by atoms with van der Waals surface area (Å²) in [7, 11) is 2.17. The Labute approximate surface area is 217 Å². The standard InChI is InChI=1S/C26H28N8O2S/c1-17-9-10-18(25(35)30-19-7-6-8-20(14-19)37(36)33(2)3)13-21(17)31-24-23-22(28-16-29-24)15-27-26(32-23)34-11-4-5-12-34/h6-10,13-16H,4-5,11-12H2,1-3H3,(H,30,35)(H,28,29,31). The first-order valence-corrected chi connectivity index (χ1v) is 13.1. The maximum absolute atomic E-state index is 13.1. The van der Waals surface area contributed by atoms with Crippen molar-refractivity contribution in [3.63, 3.8) is 0 Å². The van der Waals surface area contributed by atoms with Crippen molar-refractivity contribution in [2.75, 3.05) is 42.7 Å². The van der Waals surface area contributed by atoms with E-state index in [-0.39, 0.29) is 5.91 Å². The van der Waals surface area contributed by atoms with Crippen molar-refractivity contribution in [2.45, 2.75) is 24.7 Å². The molecular weight excluding hydrogens is 488 g/mol. The summed E-state index contributed by atoms with van der Waals surface area (Å²) in [5.41, 5.74) is 3.98. The number of benzene rings is 2. The van der Waals surface area contributed by atoms with E-state index in [9.17, 15) is 9.00 Å². The van der Waals surface area contributed by atoms with Crippen LogP contribution in [-0.4, -0.2) is 61.5 Å². The highest BCUT2D eigenvalue weighted by Crippen LogP contribution is 2.27. The molecule has 0 saturated carbocycles. The number of nitrogens with one attached hydrogen (secondary N) is 2. The van der Waals surface area contributed by atoms with Gasteiger partial charge in [-0.15, -0.1) is 0 Å². The largest absolute Gasteiger partial charge is 0.341 e. The van der Waals surface area contributed by atoms with Gasteiger partial charge in [0.1, 0.15) is 28.3 Å². The molecule has 2 aromatic carbocycles. The van der Waals surface area contributed by atoms with E-state index in [0.29, 0.717) is 38.9 Å². The van der Waals surface area contributed by atoms with Crippen LogP contribution < -0.4 is 15.5 Å². The molecule has 3 heterocycles. The van der Waals surface area contributed by atoms with Gasteiger partial charge < -0.3 is 15.5 Å². The van der Waals surface area contributed by atoms with Crippen LogP contribution in [0.1, 0.15) is 28.8 Å². The number of aromatic nitrogens is 4. The zero-order valence-electron chi connectivity index (χ0n) is 20.9.